The summed E-state index contributed by atoms with van der Waals surface area (Å²) in [6.07, 6.45) is 0. The zero-order valence-corrected chi connectivity index (χ0v) is 9.18. The molecule has 0 amide bonds. The summed E-state index contributed by atoms with van der Waals surface area (Å²) in [6.45, 7) is 0. The molecule has 7 heteroatoms. The van der Waals surface area contributed by atoms with Crippen molar-refractivity contribution in [1.82, 2.24) is 20.2 Å². The zero-order chi connectivity index (χ0) is 11.5. The Morgan fingerprint density at radius 3 is 2.81 bits per heavy atom. The molecule has 1 aromatic carbocycles. The van der Waals surface area contributed by atoms with Crippen LogP contribution in [0.2, 0.25) is 0 Å². The molecule has 0 bridgehead atoms. The van der Waals surface area contributed by atoms with Crippen molar-refractivity contribution in [3.8, 4) is 0 Å². The van der Waals surface area contributed by atoms with Crippen LogP contribution in [0.3, 0.4) is 0 Å². The van der Waals surface area contributed by atoms with Crippen LogP contribution in [0.4, 0.5) is 0 Å². The van der Waals surface area contributed by atoms with Crippen LogP contribution in [-0.2, 0) is 7.05 Å². The molecule has 1 N–H and O–H groups in total. The lowest BCUT2D eigenvalue weighted by Crippen LogP contribution is -1.99. The van der Waals surface area contributed by atoms with Gasteiger partial charge in [0.05, 0.1) is 5.56 Å². The highest BCUT2D eigenvalue weighted by atomic mass is 32.2. The number of hydrogen-bond acceptors (Lipinski definition) is 5. The van der Waals surface area contributed by atoms with E-state index in [1.807, 2.05) is 0 Å². The predicted octanol–water partition coefficient (Wildman–Crippen LogP) is 1.06. The van der Waals surface area contributed by atoms with Gasteiger partial charge in [-0.1, -0.05) is 12.1 Å². The zero-order valence-electron chi connectivity index (χ0n) is 8.36. The number of carboxylic acids is 1. The third-order valence-electron chi connectivity index (χ3n) is 1.90. The van der Waals surface area contributed by atoms with Crippen LogP contribution in [0.1, 0.15) is 10.4 Å². The first-order valence-electron chi connectivity index (χ1n) is 4.41. The third kappa shape index (κ3) is 2.03. The van der Waals surface area contributed by atoms with Crippen molar-refractivity contribution in [1.29, 1.82) is 0 Å². The molecule has 0 aliphatic rings. The number of nitrogens with zero attached hydrogens (tertiary/aromatic N) is 4. The lowest BCUT2D eigenvalue weighted by atomic mass is 10.2. The highest BCUT2D eigenvalue weighted by molar-refractivity contribution is 7.99. The topological polar surface area (TPSA) is 80.9 Å². The number of aromatic carboxylic acids is 1. The Balaban J connectivity index is 2.35. The molecule has 1 heterocycles. The summed E-state index contributed by atoms with van der Waals surface area (Å²) in [5, 5.41) is 20.5. The van der Waals surface area contributed by atoms with Gasteiger partial charge in [0, 0.05) is 11.9 Å². The van der Waals surface area contributed by atoms with Crippen LogP contribution in [0.5, 0.6) is 0 Å². The van der Waals surface area contributed by atoms with E-state index in [0.29, 0.717) is 10.1 Å². The summed E-state index contributed by atoms with van der Waals surface area (Å²) in [6, 6.07) is 6.73. The van der Waals surface area contributed by atoms with Crippen molar-refractivity contribution < 1.29 is 9.90 Å². The van der Waals surface area contributed by atoms with Crippen LogP contribution in [0.25, 0.3) is 0 Å². The number of carbonyl (C=O) groups is 1. The predicted molar refractivity (Wildman–Crippen MR) is 56.3 cm³/mol. The van der Waals surface area contributed by atoms with Gasteiger partial charge in [-0.3, -0.25) is 0 Å². The maximum absolute atomic E-state index is 11.0. The van der Waals surface area contributed by atoms with E-state index in [4.69, 9.17) is 5.11 Å². The summed E-state index contributed by atoms with van der Waals surface area (Å²) in [5.41, 5.74) is 0.246. The van der Waals surface area contributed by atoms with E-state index in [9.17, 15) is 4.79 Å². The van der Waals surface area contributed by atoms with Crippen LogP contribution in [0, 0.1) is 0 Å². The summed E-state index contributed by atoms with van der Waals surface area (Å²) in [7, 11) is 1.70. The van der Waals surface area contributed by atoms with E-state index in [1.54, 1.807) is 31.3 Å². The molecule has 0 spiro atoms. The van der Waals surface area contributed by atoms with Gasteiger partial charge in [-0.25, -0.2) is 9.48 Å². The average Bonchev–Trinajstić information content (AvgIpc) is 2.65. The Labute approximate surface area is 95.3 Å². The van der Waals surface area contributed by atoms with Gasteiger partial charge in [-0.15, -0.1) is 5.10 Å². The maximum Gasteiger partial charge on any atom is 0.336 e. The largest absolute Gasteiger partial charge is 0.478 e. The fraction of sp³-hybridized carbons (Fsp3) is 0.111. The van der Waals surface area contributed by atoms with E-state index >= 15 is 0 Å². The molecule has 82 valence electrons. The molecule has 0 saturated carbocycles. The fourth-order valence-electron chi connectivity index (χ4n) is 1.14. The van der Waals surface area contributed by atoms with E-state index < -0.39 is 5.97 Å². The standard InChI is InChI=1S/C9H8N4O2S/c1-13-9(10-11-12-13)16-7-5-3-2-4-6(7)8(14)15/h2-5H,1H3,(H,14,15). The van der Waals surface area contributed by atoms with Crippen LogP contribution in [0.15, 0.2) is 34.3 Å². The van der Waals surface area contributed by atoms with Gasteiger partial charge < -0.3 is 5.11 Å². The van der Waals surface area contributed by atoms with Crippen molar-refractivity contribution in [2.75, 3.05) is 0 Å². The number of benzene rings is 1. The lowest BCUT2D eigenvalue weighted by molar-refractivity contribution is 0.0693. The van der Waals surface area contributed by atoms with Gasteiger partial charge in [-0.05, 0) is 34.3 Å². The van der Waals surface area contributed by atoms with Gasteiger partial charge in [0.1, 0.15) is 0 Å². The molecule has 0 saturated heterocycles. The fourth-order valence-corrected chi connectivity index (χ4v) is 1.99. The molecule has 0 aliphatic heterocycles. The van der Waals surface area contributed by atoms with Crippen molar-refractivity contribution >= 4 is 17.7 Å². The number of tetrazole rings is 1. The maximum atomic E-state index is 11.0. The minimum absolute atomic E-state index is 0.246. The number of rotatable bonds is 3. The number of aryl methyl sites for hydroxylation is 1. The molecule has 1 aromatic heterocycles. The van der Waals surface area contributed by atoms with Crippen LogP contribution < -0.4 is 0 Å². The quantitative estimate of drug-likeness (QED) is 0.858. The van der Waals surface area contributed by atoms with Gasteiger partial charge in [0.2, 0.25) is 5.16 Å². The van der Waals surface area contributed by atoms with Crippen molar-refractivity contribution in [3.63, 3.8) is 0 Å². The van der Waals surface area contributed by atoms with Gasteiger partial charge in [-0.2, -0.15) is 0 Å². The van der Waals surface area contributed by atoms with E-state index in [0.717, 1.165) is 0 Å². The normalized spacial score (nSPS) is 10.3. The second-order valence-corrected chi connectivity index (χ2v) is 4.00. The number of carboxylic acid groups (broad SMARTS) is 1. The average molecular weight is 236 g/mol. The van der Waals surface area contributed by atoms with Gasteiger partial charge in [0.25, 0.3) is 0 Å². The van der Waals surface area contributed by atoms with Crippen LogP contribution >= 0.6 is 11.8 Å². The van der Waals surface area contributed by atoms with E-state index in [1.165, 1.54) is 16.4 Å². The molecule has 6 nitrogen and oxygen atoms in total. The molecule has 2 aromatic rings. The Morgan fingerprint density at radius 2 is 2.19 bits per heavy atom. The summed E-state index contributed by atoms with van der Waals surface area (Å²) in [5.74, 6) is -0.960. The lowest BCUT2D eigenvalue weighted by Gasteiger charge is -2.03. The second-order valence-electron chi connectivity index (χ2n) is 2.99. The summed E-state index contributed by atoms with van der Waals surface area (Å²) < 4.78 is 1.49. The number of aromatic nitrogens is 4. The molecule has 16 heavy (non-hydrogen) atoms. The summed E-state index contributed by atoms with van der Waals surface area (Å²) >= 11 is 1.22. The smallest absolute Gasteiger partial charge is 0.336 e. The van der Waals surface area contributed by atoms with E-state index in [-0.39, 0.29) is 5.56 Å². The Kier molecular flexibility index (Phi) is 2.86. The van der Waals surface area contributed by atoms with Gasteiger partial charge in [0.15, 0.2) is 0 Å². The second kappa shape index (κ2) is 4.31. The SMILES string of the molecule is Cn1nnnc1Sc1ccccc1C(=O)O. The Hall–Kier alpha value is -1.89. The Bertz CT molecular complexity index is 526. The molecule has 0 atom stereocenters. The number of hydrogen-bond donors (Lipinski definition) is 1. The minimum Gasteiger partial charge on any atom is -0.478 e. The summed E-state index contributed by atoms with van der Waals surface area (Å²) in [4.78, 5) is 11.6. The minimum atomic E-state index is -0.960. The molecule has 0 radical (unpaired) electrons. The van der Waals surface area contributed by atoms with E-state index in [2.05, 4.69) is 15.5 Å². The first-order chi connectivity index (χ1) is 7.68. The third-order valence-corrected chi connectivity index (χ3v) is 3.00. The molecule has 0 unspecified atom stereocenters. The molecule has 0 fully saturated rings. The molecule has 2 rings (SSSR count). The monoisotopic (exact) mass is 236 g/mol. The van der Waals surface area contributed by atoms with Crippen molar-refractivity contribution in [2.24, 2.45) is 7.05 Å². The first-order valence-corrected chi connectivity index (χ1v) is 5.22. The highest BCUT2D eigenvalue weighted by Gasteiger charge is 2.12. The molecular formula is C9H8N4O2S. The van der Waals surface area contributed by atoms with Crippen molar-refractivity contribution in [2.45, 2.75) is 10.1 Å². The van der Waals surface area contributed by atoms with Gasteiger partial charge >= 0.3 is 5.97 Å². The Morgan fingerprint density at radius 1 is 1.44 bits per heavy atom. The molecule has 0 aliphatic carbocycles. The molecular weight excluding hydrogens is 228 g/mol. The van der Waals surface area contributed by atoms with Crippen molar-refractivity contribution in [3.05, 3.63) is 29.8 Å². The first kappa shape index (κ1) is 10.6. The highest BCUT2D eigenvalue weighted by Crippen LogP contribution is 2.27. The van der Waals surface area contributed by atoms with Crippen LogP contribution in [-0.4, -0.2) is 31.3 Å².